The fourth-order valence-corrected chi connectivity index (χ4v) is 3.20. The van der Waals surface area contributed by atoms with Crippen LogP contribution < -0.4 is 10.1 Å². The lowest BCUT2D eigenvalue weighted by molar-refractivity contribution is 0.0918. The smallest absolute Gasteiger partial charge is 0.129 e. The minimum absolute atomic E-state index is 0.179. The molecule has 2 nitrogen and oxygen atoms in total. The predicted octanol–water partition coefficient (Wildman–Crippen LogP) is 3.19. The molecule has 1 aromatic rings. The highest BCUT2D eigenvalue weighted by atomic mass is 19.1. The highest BCUT2D eigenvalue weighted by molar-refractivity contribution is 5.33. The summed E-state index contributed by atoms with van der Waals surface area (Å²) in [5.74, 6) is 0.529. The van der Waals surface area contributed by atoms with Crippen molar-refractivity contribution in [3.8, 4) is 5.75 Å². The Kier molecular flexibility index (Phi) is 3.25. The summed E-state index contributed by atoms with van der Waals surface area (Å²) in [5, 5.41) is 3.64. The molecule has 3 rings (SSSR count). The molecule has 3 atom stereocenters. The molecule has 0 unspecified atom stereocenters. The molecule has 0 saturated carbocycles. The molecule has 0 spiro atoms. The van der Waals surface area contributed by atoms with Crippen molar-refractivity contribution in [3.05, 3.63) is 29.6 Å². The van der Waals surface area contributed by atoms with Crippen LogP contribution in [-0.2, 0) is 0 Å². The molecule has 98 valence electrons. The summed E-state index contributed by atoms with van der Waals surface area (Å²) in [6.07, 6.45) is 6.16. The van der Waals surface area contributed by atoms with E-state index in [4.69, 9.17) is 4.74 Å². The van der Waals surface area contributed by atoms with Crippen molar-refractivity contribution < 1.29 is 9.13 Å². The van der Waals surface area contributed by atoms with Gasteiger partial charge >= 0.3 is 0 Å². The number of piperidine rings is 2. The number of fused-ring (bicyclic) bond motifs is 2. The van der Waals surface area contributed by atoms with Gasteiger partial charge in [0.05, 0.1) is 0 Å². The topological polar surface area (TPSA) is 21.3 Å². The van der Waals surface area contributed by atoms with E-state index in [0.29, 0.717) is 23.4 Å². The average Bonchev–Trinajstić information content (AvgIpc) is 2.35. The summed E-state index contributed by atoms with van der Waals surface area (Å²) in [4.78, 5) is 0. The molecule has 0 aliphatic carbocycles. The Labute approximate surface area is 108 Å². The van der Waals surface area contributed by atoms with Gasteiger partial charge in [-0.05, 0) is 44.7 Å². The van der Waals surface area contributed by atoms with Gasteiger partial charge in [0.15, 0.2) is 0 Å². The third-order valence-corrected chi connectivity index (χ3v) is 4.18. The van der Waals surface area contributed by atoms with E-state index in [1.807, 2.05) is 6.07 Å². The van der Waals surface area contributed by atoms with Crippen LogP contribution in [0.4, 0.5) is 4.39 Å². The van der Waals surface area contributed by atoms with Gasteiger partial charge < -0.3 is 10.1 Å². The zero-order chi connectivity index (χ0) is 12.5. The molecule has 0 aromatic heterocycles. The van der Waals surface area contributed by atoms with E-state index in [1.54, 1.807) is 13.0 Å². The third-order valence-electron chi connectivity index (χ3n) is 4.18. The Balaban J connectivity index is 1.71. The summed E-state index contributed by atoms with van der Waals surface area (Å²) >= 11 is 0. The van der Waals surface area contributed by atoms with E-state index >= 15 is 0 Å². The first-order valence-corrected chi connectivity index (χ1v) is 6.90. The highest BCUT2D eigenvalue weighted by Gasteiger charge is 2.32. The SMILES string of the molecule is Cc1c(F)cccc1O[C@@H]1C[C@H]2CCC[C@@H](C1)N2. The molecule has 2 saturated heterocycles. The quantitative estimate of drug-likeness (QED) is 0.869. The Morgan fingerprint density at radius 3 is 2.67 bits per heavy atom. The Morgan fingerprint density at radius 1 is 1.22 bits per heavy atom. The first kappa shape index (κ1) is 12.0. The summed E-state index contributed by atoms with van der Waals surface area (Å²) in [7, 11) is 0. The molecular formula is C15H20FNO. The zero-order valence-electron chi connectivity index (χ0n) is 10.8. The largest absolute Gasteiger partial charge is 0.490 e. The minimum atomic E-state index is -0.179. The van der Waals surface area contributed by atoms with Crippen molar-refractivity contribution in [1.29, 1.82) is 0 Å². The number of hydrogen-bond donors (Lipinski definition) is 1. The summed E-state index contributed by atoms with van der Waals surface area (Å²) in [6.45, 7) is 1.78. The normalized spacial score (nSPS) is 31.1. The number of hydrogen-bond acceptors (Lipinski definition) is 2. The molecule has 2 fully saturated rings. The van der Waals surface area contributed by atoms with Gasteiger partial charge in [0.2, 0.25) is 0 Å². The predicted molar refractivity (Wildman–Crippen MR) is 69.3 cm³/mol. The maximum absolute atomic E-state index is 13.5. The van der Waals surface area contributed by atoms with Gasteiger partial charge in [0, 0.05) is 17.6 Å². The standard InChI is InChI=1S/C15H20FNO/c1-10-14(16)6-3-7-15(10)18-13-8-11-4-2-5-12(9-13)17-11/h3,6-7,11-13,17H,2,4-5,8-9H2,1H3/t11-,12+,13-. The number of nitrogens with one attached hydrogen (secondary N) is 1. The Morgan fingerprint density at radius 2 is 1.94 bits per heavy atom. The van der Waals surface area contributed by atoms with Crippen LogP contribution in [-0.4, -0.2) is 18.2 Å². The second kappa shape index (κ2) is 4.88. The highest BCUT2D eigenvalue weighted by Crippen LogP contribution is 2.30. The van der Waals surface area contributed by atoms with Crippen LogP contribution in [0.1, 0.15) is 37.7 Å². The van der Waals surface area contributed by atoms with Crippen LogP contribution in [0.15, 0.2) is 18.2 Å². The maximum Gasteiger partial charge on any atom is 0.129 e. The summed E-state index contributed by atoms with van der Waals surface area (Å²) < 4.78 is 19.5. The van der Waals surface area contributed by atoms with E-state index in [2.05, 4.69) is 5.32 Å². The van der Waals surface area contributed by atoms with Gasteiger partial charge in [-0.3, -0.25) is 0 Å². The molecule has 2 aliphatic heterocycles. The van der Waals surface area contributed by atoms with Gasteiger partial charge in [0.25, 0.3) is 0 Å². The number of ether oxygens (including phenoxy) is 1. The van der Waals surface area contributed by atoms with Crippen molar-refractivity contribution >= 4 is 0 Å². The second-order valence-electron chi connectivity index (χ2n) is 5.57. The van der Waals surface area contributed by atoms with Crippen LogP contribution in [0.5, 0.6) is 5.75 Å². The maximum atomic E-state index is 13.5. The second-order valence-corrected chi connectivity index (χ2v) is 5.57. The molecule has 2 heterocycles. The van der Waals surface area contributed by atoms with E-state index in [-0.39, 0.29) is 11.9 Å². The molecule has 1 aromatic carbocycles. The molecule has 3 heteroatoms. The fourth-order valence-electron chi connectivity index (χ4n) is 3.20. The van der Waals surface area contributed by atoms with Gasteiger partial charge in [-0.15, -0.1) is 0 Å². The first-order valence-electron chi connectivity index (χ1n) is 6.90. The van der Waals surface area contributed by atoms with Gasteiger partial charge in [-0.1, -0.05) is 12.5 Å². The van der Waals surface area contributed by atoms with Crippen molar-refractivity contribution in [2.75, 3.05) is 0 Å². The molecular weight excluding hydrogens is 229 g/mol. The molecule has 2 aliphatic rings. The van der Waals surface area contributed by atoms with Crippen molar-refractivity contribution in [1.82, 2.24) is 5.32 Å². The van der Waals surface area contributed by atoms with Gasteiger partial charge in [-0.2, -0.15) is 0 Å². The third kappa shape index (κ3) is 2.37. The average molecular weight is 249 g/mol. The summed E-state index contributed by atoms with van der Waals surface area (Å²) in [6, 6.07) is 6.27. The fraction of sp³-hybridized carbons (Fsp3) is 0.600. The Bertz CT molecular complexity index is 423. The van der Waals surface area contributed by atoms with Gasteiger partial charge in [0.1, 0.15) is 17.7 Å². The van der Waals surface area contributed by atoms with Crippen LogP contribution in [0, 0.1) is 12.7 Å². The lowest BCUT2D eigenvalue weighted by Gasteiger charge is -2.40. The number of rotatable bonds is 2. The van der Waals surface area contributed by atoms with E-state index in [9.17, 15) is 4.39 Å². The van der Waals surface area contributed by atoms with Crippen molar-refractivity contribution in [2.24, 2.45) is 0 Å². The van der Waals surface area contributed by atoms with Crippen LogP contribution in [0.2, 0.25) is 0 Å². The van der Waals surface area contributed by atoms with E-state index < -0.39 is 0 Å². The van der Waals surface area contributed by atoms with E-state index in [1.165, 1.54) is 25.3 Å². The van der Waals surface area contributed by atoms with Crippen molar-refractivity contribution in [3.63, 3.8) is 0 Å². The molecule has 1 N–H and O–H groups in total. The van der Waals surface area contributed by atoms with Crippen LogP contribution in [0.25, 0.3) is 0 Å². The lowest BCUT2D eigenvalue weighted by Crippen LogP contribution is -2.51. The summed E-state index contributed by atoms with van der Waals surface area (Å²) in [5.41, 5.74) is 0.626. The molecule has 0 amide bonds. The molecule has 0 radical (unpaired) electrons. The first-order chi connectivity index (χ1) is 8.72. The minimum Gasteiger partial charge on any atom is -0.490 e. The number of halogens is 1. The Hall–Kier alpha value is -1.09. The number of benzene rings is 1. The molecule has 18 heavy (non-hydrogen) atoms. The van der Waals surface area contributed by atoms with Crippen LogP contribution in [0.3, 0.4) is 0 Å². The lowest BCUT2D eigenvalue weighted by atomic mass is 9.85. The van der Waals surface area contributed by atoms with E-state index in [0.717, 1.165) is 12.8 Å². The molecule has 2 bridgehead atoms. The van der Waals surface area contributed by atoms with Crippen LogP contribution >= 0.6 is 0 Å². The monoisotopic (exact) mass is 249 g/mol. The van der Waals surface area contributed by atoms with Crippen molar-refractivity contribution in [2.45, 2.75) is 57.2 Å². The zero-order valence-corrected chi connectivity index (χ0v) is 10.8. The van der Waals surface area contributed by atoms with Gasteiger partial charge in [-0.25, -0.2) is 4.39 Å².